The van der Waals surface area contributed by atoms with Gasteiger partial charge in [0.05, 0.1) is 11.8 Å². The Labute approximate surface area is 150 Å². The van der Waals surface area contributed by atoms with Gasteiger partial charge in [0.1, 0.15) is 11.6 Å². The van der Waals surface area contributed by atoms with Crippen LogP contribution in [0.25, 0.3) is 0 Å². The lowest BCUT2D eigenvalue weighted by molar-refractivity contribution is 0.0997. The summed E-state index contributed by atoms with van der Waals surface area (Å²) in [5, 5.41) is 4.12. The monoisotopic (exact) mass is 350 g/mol. The number of anilines is 1. The summed E-state index contributed by atoms with van der Waals surface area (Å²) in [6.07, 6.45) is 1.42. The van der Waals surface area contributed by atoms with Gasteiger partial charge in [-0.25, -0.2) is 4.68 Å². The van der Waals surface area contributed by atoms with Crippen molar-refractivity contribution in [1.82, 2.24) is 9.78 Å². The number of aryl methyl sites for hydroxylation is 1. The van der Waals surface area contributed by atoms with Crippen LogP contribution < -0.4 is 16.2 Å². The summed E-state index contributed by atoms with van der Waals surface area (Å²) in [6.45, 7) is 1.84. The van der Waals surface area contributed by atoms with E-state index in [1.807, 2.05) is 13.0 Å². The Kier molecular flexibility index (Phi) is 4.70. The first-order valence-corrected chi connectivity index (χ1v) is 7.91. The number of ketones is 1. The van der Waals surface area contributed by atoms with Crippen LogP contribution in [0, 0.1) is 6.92 Å². The molecule has 0 saturated heterocycles. The van der Waals surface area contributed by atoms with Crippen molar-refractivity contribution >= 4 is 17.5 Å². The first kappa shape index (κ1) is 17.2. The zero-order valence-corrected chi connectivity index (χ0v) is 14.2. The van der Waals surface area contributed by atoms with Crippen molar-refractivity contribution in [3.63, 3.8) is 0 Å². The van der Waals surface area contributed by atoms with E-state index in [-0.39, 0.29) is 18.3 Å². The van der Waals surface area contributed by atoms with Gasteiger partial charge in [-0.1, -0.05) is 36.4 Å². The molecule has 0 radical (unpaired) electrons. The molecular formula is C19H18N4O3. The smallest absolute Gasteiger partial charge is 0.248 e. The van der Waals surface area contributed by atoms with Crippen LogP contribution in [0.4, 0.5) is 5.82 Å². The van der Waals surface area contributed by atoms with E-state index in [0.717, 1.165) is 5.56 Å². The molecule has 4 N–H and O–H groups in total. The number of nitrogen functional groups attached to an aromatic ring is 1. The molecule has 0 fully saturated rings. The third-order valence-corrected chi connectivity index (χ3v) is 3.98. The summed E-state index contributed by atoms with van der Waals surface area (Å²) in [7, 11) is 0. The minimum Gasteiger partial charge on any atom is -0.471 e. The summed E-state index contributed by atoms with van der Waals surface area (Å²) in [5.74, 6) is -0.0415. The van der Waals surface area contributed by atoms with E-state index in [9.17, 15) is 9.59 Å². The lowest BCUT2D eigenvalue weighted by Crippen LogP contribution is -2.14. The number of aromatic nitrogens is 2. The molecule has 132 valence electrons. The van der Waals surface area contributed by atoms with Gasteiger partial charge < -0.3 is 16.2 Å². The summed E-state index contributed by atoms with van der Waals surface area (Å²) in [6, 6.07) is 13.8. The molecule has 0 unspecified atom stereocenters. The van der Waals surface area contributed by atoms with Crippen molar-refractivity contribution in [2.45, 2.75) is 13.7 Å². The molecule has 1 heterocycles. The molecule has 2 aromatic carbocycles. The van der Waals surface area contributed by atoms with Crippen LogP contribution >= 0.6 is 0 Å². The number of primary amides is 1. The van der Waals surface area contributed by atoms with E-state index in [1.165, 1.54) is 10.9 Å². The Morgan fingerprint density at radius 2 is 1.85 bits per heavy atom. The minimum absolute atomic E-state index is 0.00302. The largest absolute Gasteiger partial charge is 0.471 e. The highest BCUT2D eigenvalue weighted by atomic mass is 16.5. The van der Waals surface area contributed by atoms with Gasteiger partial charge in [0.25, 0.3) is 0 Å². The van der Waals surface area contributed by atoms with Gasteiger partial charge in [-0.05, 0) is 24.6 Å². The van der Waals surface area contributed by atoms with E-state index in [1.54, 1.807) is 42.5 Å². The van der Waals surface area contributed by atoms with Gasteiger partial charge in [-0.15, -0.1) is 0 Å². The van der Waals surface area contributed by atoms with Gasteiger partial charge in [0.2, 0.25) is 5.91 Å². The first-order chi connectivity index (χ1) is 12.5. The Morgan fingerprint density at radius 3 is 2.54 bits per heavy atom. The van der Waals surface area contributed by atoms with Gasteiger partial charge >= 0.3 is 0 Å². The van der Waals surface area contributed by atoms with Crippen molar-refractivity contribution in [2.75, 3.05) is 5.73 Å². The number of hydrogen-bond donors (Lipinski definition) is 2. The lowest BCUT2D eigenvalue weighted by atomic mass is 10.1. The van der Waals surface area contributed by atoms with Gasteiger partial charge in [0.15, 0.2) is 12.5 Å². The van der Waals surface area contributed by atoms with E-state index in [4.69, 9.17) is 16.2 Å². The lowest BCUT2D eigenvalue weighted by Gasteiger charge is -2.11. The molecule has 0 aliphatic rings. The zero-order valence-electron chi connectivity index (χ0n) is 14.2. The molecule has 0 aliphatic heterocycles. The highest BCUT2D eigenvalue weighted by Crippen LogP contribution is 2.21. The molecule has 0 bridgehead atoms. The fourth-order valence-corrected chi connectivity index (χ4v) is 2.46. The van der Waals surface area contributed by atoms with Crippen molar-refractivity contribution in [1.29, 1.82) is 0 Å². The number of ether oxygens (including phenoxy) is 1. The maximum absolute atomic E-state index is 12.5. The molecule has 3 aromatic rings. The number of hydrogen-bond acceptors (Lipinski definition) is 5. The summed E-state index contributed by atoms with van der Waals surface area (Å²) >= 11 is 0. The van der Waals surface area contributed by atoms with Crippen LogP contribution in [0.1, 0.15) is 31.8 Å². The number of amides is 1. The Balaban J connectivity index is 1.78. The van der Waals surface area contributed by atoms with Crippen LogP contribution in [0.5, 0.6) is 5.75 Å². The normalized spacial score (nSPS) is 10.5. The average Bonchev–Trinajstić information content (AvgIpc) is 3.01. The summed E-state index contributed by atoms with van der Waals surface area (Å²) < 4.78 is 7.08. The predicted octanol–water partition coefficient (Wildman–Crippen LogP) is 2.14. The fraction of sp³-hybridized carbons (Fsp3) is 0.105. The highest BCUT2D eigenvalue weighted by Gasteiger charge is 2.17. The van der Waals surface area contributed by atoms with Gasteiger partial charge in [-0.2, -0.15) is 5.10 Å². The number of carbonyl (C=O) groups is 2. The van der Waals surface area contributed by atoms with Crippen LogP contribution in [0.3, 0.4) is 0 Å². The summed E-state index contributed by atoms with van der Waals surface area (Å²) in [4.78, 5) is 23.8. The second-order valence-electron chi connectivity index (χ2n) is 5.76. The fourth-order valence-electron chi connectivity index (χ4n) is 2.46. The maximum atomic E-state index is 12.5. The van der Waals surface area contributed by atoms with E-state index >= 15 is 0 Å². The van der Waals surface area contributed by atoms with Crippen molar-refractivity contribution in [3.8, 4) is 5.75 Å². The predicted molar refractivity (Wildman–Crippen MR) is 96.8 cm³/mol. The number of rotatable bonds is 6. The first-order valence-electron chi connectivity index (χ1n) is 7.91. The minimum atomic E-state index is -0.538. The Bertz CT molecular complexity index is 964. The van der Waals surface area contributed by atoms with E-state index in [2.05, 4.69) is 5.10 Å². The van der Waals surface area contributed by atoms with Crippen molar-refractivity contribution < 1.29 is 14.3 Å². The third kappa shape index (κ3) is 3.41. The SMILES string of the molecule is Cc1ccc(C(N)=O)cc1OCn1ncc(C(=O)c2ccccc2)c1N. The third-order valence-electron chi connectivity index (χ3n) is 3.98. The Hall–Kier alpha value is -3.61. The summed E-state index contributed by atoms with van der Waals surface area (Å²) in [5.41, 5.74) is 13.4. The molecular weight excluding hydrogens is 332 g/mol. The van der Waals surface area contributed by atoms with Crippen molar-refractivity contribution in [3.05, 3.63) is 77.0 Å². The van der Waals surface area contributed by atoms with Crippen LogP contribution in [0.2, 0.25) is 0 Å². The molecule has 26 heavy (non-hydrogen) atoms. The number of nitrogens with zero attached hydrogens (tertiary/aromatic N) is 2. The topological polar surface area (TPSA) is 113 Å². The highest BCUT2D eigenvalue weighted by molar-refractivity contribution is 6.11. The van der Waals surface area contributed by atoms with E-state index < -0.39 is 5.91 Å². The zero-order chi connectivity index (χ0) is 18.7. The van der Waals surface area contributed by atoms with Crippen LogP contribution in [-0.2, 0) is 6.73 Å². The second kappa shape index (κ2) is 7.10. The second-order valence-corrected chi connectivity index (χ2v) is 5.76. The number of nitrogens with two attached hydrogens (primary N) is 2. The molecule has 0 spiro atoms. The van der Waals surface area contributed by atoms with Gasteiger partial charge in [-0.3, -0.25) is 9.59 Å². The van der Waals surface area contributed by atoms with Crippen LogP contribution in [0.15, 0.2) is 54.7 Å². The number of benzene rings is 2. The molecule has 1 amide bonds. The molecule has 7 heteroatoms. The van der Waals surface area contributed by atoms with Crippen molar-refractivity contribution in [2.24, 2.45) is 5.73 Å². The number of carbonyl (C=O) groups excluding carboxylic acids is 2. The van der Waals surface area contributed by atoms with Crippen LogP contribution in [-0.4, -0.2) is 21.5 Å². The molecule has 1 aromatic heterocycles. The molecule has 0 atom stereocenters. The van der Waals surface area contributed by atoms with Gasteiger partial charge in [0, 0.05) is 11.1 Å². The Morgan fingerprint density at radius 1 is 1.12 bits per heavy atom. The molecule has 3 rings (SSSR count). The molecule has 0 aliphatic carbocycles. The molecule has 0 saturated carbocycles. The maximum Gasteiger partial charge on any atom is 0.248 e. The quantitative estimate of drug-likeness (QED) is 0.661. The van der Waals surface area contributed by atoms with E-state index in [0.29, 0.717) is 22.4 Å². The average molecular weight is 350 g/mol. The standard InChI is InChI=1S/C19H18N4O3/c1-12-7-8-14(19(21)25)9-16(12)26-11-23-18(20)15(10-22-23)17(24)13-5-3-2-4-6-13/h2-10H,11,20H2,1H3,(H2,21,25). The molecule has 7 nitrogen and oxygen atoms in total.